The highest BCUT2D eigenvalue weighted by molar-refractivity contribution is 14.0. The summed E-state index contributed by atoms with van der Waals surface area (Å²) in [5, 5.41) is 6.55. The number of carbonyl (C=O) groups excluding carboxylic acids is 1. The molecule has 1 amide bonds. The van der Waals surface area contributed by atoms with Gasteiger partial charge in [-0.05, 0) is 44.9 Å². The summed E-state index contributed by atoms with van der Waals surface area (Å²) >= 11 is 0. The highest BCUT2D eigenvalue weighted by Gasteiger charge is 2.26. The molecule has 0 saturated carbocycles. The van der Waals surface area contributed by atoms with Crippen molar-refractivity contribution in [1.82, 2.24) is 15.5 Å². The van der Waals surface area contributed by atoms with Crippen molar-refractivity contribution in [3.05, 3.63) is 35.4 Å². The summed E-state index contributed by atoms with van der Waals surface area (Å²) in [7, 11) is 1.75. The third-order valence-corrected chi connectivity index (χ3v) is 4.55. The van der Waals surface area contributed by atoms with Gasteiger partial charge in [0, 0.05) is 52.0 Å². The number of halogens is 1. The Morgan fingerprint density at radius 2 is 1.86 bits per heavy atom. The Balaban J connectivity index is 0.00000420. The summed E-state index contributed by atoms with van der Waals surface area (Å²) in [5.74, 6) is 0.821. The topological polar surface area (TPSA) is 75.2 Å². The van der Waals surface area contributed by atoms with Crippen LogP contribution in [0.4, 0.5) is 0 Å². The molecule has 2 unspecified atom stereocenters. The van der Waals surface area contributed by atoms with E-state index in [0.717, 1.165) is 37.7 Å². The Morgan fingerprint density at radius 3 is 2.45 bits per heavy atom. The first kappa shape index (κ1) is 25.6. The van der Waals surface area contributed by atoms with Crippen molar-refractivity contribution in [2.75, 3.05) is 39.9 Å². The highest BCUT2D eigenvalue weighted by Crippen LogP contribution is 2.15. The number of amides is 1. The van der Waals surface area contributed by atoms with Crippen LogP contribution in [0, 0.1) is 0 Å². The number of nitrogens with one attached hydrogen (secondary N) is 2. The summed E-state index contributed by atoms with van der Waals surface area (Å²) in [4.78, 5) is 18.8. The number of morpholine rings is 1. The van der Waals surface area contributed by atoms with Crippen molar-refractivity contribution in [2.24, 2.45) is 4.99 Å². The van der Waals surface area contributed by atoms with Gasteiger partial charge >= 0.3 is 0 Å². The molecule has 1 aliphatic rings. The van der Waals surface area contributed by atoms with E-state index in [-0.39, 0.29) is 42.1 Å². The van der Waals surface area contributed by atoms with Crippen LogP contribution >= 0.6 is 24.0 Å². The zero-order valence-corrected chi connectivity index (χ0v) is 20.3. The SMILES string of the molecule is CCOCCCNC(=NC)NCc1ccc(C(=O)N2CC(C)OC(C)C2)cc1.I. The number of carbonyl (C=O) groups is 1. The lowest BCUT2D eigenvalue weighted by molar-refractivity contribution is -0.0586. The Bertz CT molecular complexity index is 629. The van der Waals surface area contributed by atoms with Crippen molar-refractivity contribution in [3.8, 4) is 0 Å². The van der Waals surface area contributed by atoms with Gasteiger partial charge in [-0.25, -0.2) is 0 Å². The van der Waals surface area contributed by atoms with Gasteiger partial charge in [-0.3, -0.25) is 9.79 Å². The summed E-state index contributed by atoms with van der Waals surface area (Å²) in [6.07, 6.45) is 1.08. The maximum absolute atomic E-state index is 12.7. The van der Waals surface area contributed by atoms with Crippen LogP contribution in [0.25, 0.3) is 0 Å². The van der Waals surface area contributed by atoms with Gasteiger partial charge in [-0.2, -0.15) is 0 Å². The molecule has 7 nitrogen and oxygen atoms in total. The van der Waals surface area contributed by atoms with E-state index >= 15 is 0 Å². The van der Waals surface area contributed by atoms with Crippen molar-refractivity contribution in [2.45, 2.75) is 45.9 Å². The molecule has 1 aromatic rings. The average Bonchev–Trinajstić information content (AvgIpc) is 2.69. The van der Waals surface area contributed by atoms with Gasteiger partial charge in [0.2, 0.25) is 0 Å². The van der Waals surface area contributed by atoms with Crippen LogP contribution in [0.3, 0.4) is 0 Å². The van der Waals surface area contributed by atoms with Gasteiger partial charge in [0.15, 0.2) is 5.96 Å². The first-order chi connectivity index (χ1) is 13.5. The first-order valence-electron chi connectivity index (χ1n) is 10.1. The number of benzene rings is 1. The Labute approximate surface area is 191 Å². The van der Waals surface area contributed by atoms with Gasteiger partial charge in [0.25, 0.3) is 5.91 Å². The zero-order valence-electron chi connectivity index (χ0n) is 17.9. The normalized spacial score (nSPS) is 19.4. The van der Waals surface area contributed by atoms with Crippen LogP contribution in [0.2, 0.25) is 0 Å². The minimum atomic E-state index is 0. The molecule has 1 fully saturated rings. The number of nitrogens with zero attached hydrogens (tertiary/aromatic N) is 2. The molecule has 2 atom stereocenters. The first-order valence-corrected chi connectivity index (χ1v) is 10.1. The van der Waals surface area contributed by atoms with E-state index in [1.807, 2.05) is 49.9 Å². The monoisotopic (exact) mass is 518 g/mol. The van der Waals surface area contributed by atoms with Crippen LogP contribution < -0.4 is 10.6 Å². The zero-order chi connectivity index (χ0) is 20.4. The minimum absolute atomic E-state index is 0. The van der Waals surface area contributed by atoms with Crippen LogP contribution in [-0.2, 0) is 16.0 Å². The molecule has 1 aromatic carbocycles. The Hall–Kier alpha value is -1.39. The molecule has 1 aliphatic heterocycles. The molecule has 0 radical (unpaired) electrons. The lowest BCUT2D eigenvalue weighted by Crippen LogP contribution is -2.48. The molecule has 29 heavy (non-hydrogen) atoms. The van der Waals surface area contributed by atoms with E-state index in [2.05, 4.69) is 15.6 Å². The lowest BCUT2D eigenvalue weighted by atomic mass is 10.1. The summed E-state index contributed by atoms with van der Waals surface area (Å²) in [6.45, 7) is 10.2. The summed E-state index contributed by atoms with van der Waals surface area (Å²) < 4.78 is 11.0. The van der Waals surface area contributed by atoms with E-state index in [4.69, 9.17) is 9.47 Å². The second kappa shape index (κ2) is 13.8. The largest absolute Gasteiger partial charge is 0.382 e. The molecule has 2 rings (SSSR count). The van der Waals surface area contributed by atoms with E-state index in [0.29, 0.717) is 25.2 Å². The van der Waals surface area contributed by atoms with Gasteiger partial charge in [0.1, 0.15) is 0 Å². The van der Waals surface area contributed by atoms with Gasteiger partial charge in [-0.1, -0.05) is 12.1 Å². The van der Waals surface area contributed by atoms with Gasteiger partial charge < -0.3 is 25.0 Å². The van der Waals surface area contributed by atoms with Crippen LogP contribution in [-0.4, -0.2) is 68.9 Å². The van der Waals surface area contributed by atoms with E-state index in [1.54, 1.807) is 7.05 Å². The molecule has 1 saturated heterocycles. The minimum Gasteiger partial charge on any atom is -0.382 e. The van der Waals surface area contributed by atoms with E-state index < -0.39 is 0 Å². The van der Waals surface area contributed by atoms with Crippen molar-refractivity contribution in [1.29, 1.82) is 0 Å². The highest BCUT2D eigenvalue weighted by atomic mass is 127. The van der Waals surface area contributed by atoms with Crippen LogP contribution in [0.1, 0.15) is 43.1 Å². The maximum Gasteiger partial charge on any atom is 0.254 e. The van der Waals surface area contributed by atoms with Crippen molar-refractivity contribution >= 4 is 35.8 Å². The number of hydrogen-bond acceptors (Lipinski definition) is 4. The molecule has 1 heterocycles. The molecular formula is C21H35IN4O3. The molecular weight excluding hydrogens is 483 g/mol. The lowest BCUT2D eigenvalue weighted by Gasteiger charge is -2.35. The molecule has 0 bridgehead atoms. The smallest absolute Gasteiger partial charge is 0.254 e. The molecule has 8 heteroatoms. The van der Waals surface area contributed by atoms with Crippen molar-refractivity contribution < 1.29 is 14.3 Å². The predicted octanol–water partition coefficient (Wildman–Crippen LogP) is 2.65. The summed E-state index contributed by atoms with van der Waals surface area (Å²) in [6, 6.07) is 7.75. The average molecular weight is 518 g/mol. The van der Waals surface area contributed by atoms with Gasteiger partial charge in [-0.15, -0.1) is 24.0 Å². The fraction of sp³-hybridized carbons (Fsp3) is 0.619. The van der Waals surface area contributed by atoms with E-state index in [1.165, 1.54) is 0 Å². The predicted molar refractivity (Wildman–Crippen MR) is 127 cm³/mol. The quantitative estimate of drug-likeness (QED) is 0.240. The second-order valence-corrected chi connectivity index (χ2v) is 7.07. The second-order valence-electron chi connectivity index (χ2n) is 7.07. The van der Waals surface area contributed by atoms with Crippen LogP contribution in [0.5, 0.6) is 0 Å². The number of hydrogen-bond donors (Lipinski definition) is 2. The molecule has 0 aromatic heterocycles. The fourth-order valence-corrected chi connectivity index (χ4v) is 3.22. The summed E-state index contributed by atoms with van der Waals surface area (Å²) in [5.41, 5.74) is 1.81. The fourth-order valence-electron chi connectivity index (χ4n) is 3.22. The number of rotatable bonds is 8. The number of ether oxygens (including phenoxy) is 2. The molecule has 0 aliphatic carbocycles. The molecule has 2 N–H and O–H groups in total. The van der Waals surface area contributed by atoms with Crippen LogP contribution in [0.15, 0.2) is 29.3 Å². The van der Waals surface area contributed by atoms with Crippen molar-refractivity contribution in [3.63, 3.8) is 0 Å². The molecule has 164 valence electrons. The standard InChI is InChI=1S/C21H34N4O3.HI/c1-5-27-12-6-11-23-21(22-4)24-13-18-7-9-19(10-8-18)20(26)25-14-16(2)28-17(3)15-25;/h7-10,16-17H,5-6,11-15H2,1-4H3,(H2,22,23,24);1H. The number of guanidine groups is 1. The Morgan fingerprint density at radius 1 is 1.21 bits per heavy atom. The van der Waals surface area contributed by atoms with E-state index in [9.17, 15) is 4.79 Å². The molecule has 0 spiro atoms. The Kier molecular flexibility index (Phi) is 12.2. The maximum atomic E-state index is 12.7. The number of aliphatic imine (C=N–C) groups is 1. The third-order valence-electron chi connectivity index (χ3n) is 4.55. The third kappa shape index (κ3) is 8.88. The van der Waals surface area contributed by atoms with Gasteiger partial charge in [0.05, 0.1) is 12.2 Å².